The number of ether oxygens (including phenoxy) is 1. The Labute approximate surface area is 137 Å². The summed E-state index contributed by atoms with van der Waals surface area (Å²) >= 11 is 19.0. The van der Waals surface area contributed by atoms with Crippen LogP contribution in [0.5, 0.6) is 0 Å². The van der Waals surface area contributed by atoms with Gasteiger partial charge in [0.25, 0.3) is 0 Å². The summed E-state index contributed by atoms with van der Waals surface area (Å²) in [5.74, 6) is 0.470. The van der Waals surface area contributed by atoms with Crippen LogP contribution >= 0.6 is 55.1 Å². The number of benzene rings is 1. The average molecular weight is 427 g/mol. The molecule has 0 aliphatic heterocycles. The monoisotopic (exact) mass is 424 g/mol. The second kappa shape index (κ2) is 6.50. The zero-order valence-electron chi connectivity index (χ0n) is 9.75. The van der Waals surface area contributed by atoms with Crippen molar-refractivity contribution in [2.75, 3.05) is 7.11 Å². The summed E-state index contributed by atoms with van der Waals surface area (Å²) in [4.78, 5) is 8.64. The van der Waals surface area contributed by atoms with E-state index in [0.717, 1.165) is 10.0 Å². The Morgan fingerprint density at radius 2 is 1.95 bits per heavy atom. The Kier molecular flexibility index (Phi) is 5.20. The van der Waals surface area contributed by atoms with Gasteiger partial charge in [-0.1, -0.05) is 39.1 Å². The number of nitrogens with zero attached hydrogens (tertiary/aromatic N) is 2. The standard InChI is InChI=1S/C12H8Br2Cl2N2O/c1-19-5-9-10(14)11(16)18-12(17-9)7-3-2-6(13)4-8(7)15/h2-4H,5H2,1H3. The molecule has 0 saturated carbocycles. The van der Waals surface area contributed by atoms with Gasteiger partial charge in [-0.05, 0) is 34.1 Å². The average Bonchev–Trinajstić information content (AvgIpc) is 2.35. The van der Waals surface area contributed by atoms with E-state index >= 15 is 0 Å². The largest absolute Gasteiger partial charge is 0.378 e. The summed E-state index contributed by atoms with van der Waals surface area (Å²) in [6.07, 6.45) is 0. The second-order valence-corrected chi connectivity index (χ2v) is 6.13. The number of hydrogen-bond donors (Lipinski definition) is 0. The molecule has 1 aromatic carbocycles. The van der Waals surface area contributed by atoms with Crippen LogP contribution in [0.1, 0.15) is 5.69 Å². The topological polar surface area (TPSA) is 35.0 Å². The van der Waals surface area contributed by atoms with E-state index in [1.54, 1.807) is 13.2 Å². The quantitative estimate of drug-likeness (QED) is 0.639. The molecule has 19 heavy (non-hydrogen) atoms. The maximum Gasteiger partial charge on any atom is 0.162 e. The molecular weight excluding hydrogens is 419 g/mol. The van der Waals surface area contributed by atoms with Crippen molar-refractivity contribution in [1.29, 1.82) is 0 Å². The molecule has 0 unspecified atom stereocenters. The molecule has 0 amide bonds. The van der Waals surface area contributed by atoms with Crippen LogP contribution in [0.25, 0.3) is 11.4 Å². The van der Waals surface area contributed by atoms with E-state index in [9.17, 15) is 0 Å². The van der Waals surface area contributed by atoms with E-state index in [1.807, 2.05) is 12.1 Å². The van der Waals surface area contributed by atoms with Gasteiger partial charge in [-0.25, -0.2) is 9.97 Å². The van der Waals surface area contributed by atoms with Crippen LogP contribution in [0.4, 0.5) is 0 Å². The van der Waals surface area contributed by atoms with Crippen molar-refractivity contribution in [1.82, 2.24) is 9.97 Å². The van der Waals surface area contributed by atoms with E-state index < -0.39 is 0 Å². The first-order valence-corrected chi connectivity index (χ1v) is 7.53. The van der Waals surface area contributed by atoms with Gasteiger partial charge in [0, 0.05) is 17.1 Å². The predicted molar refractivity (Wildman–Crippen MR) is 83.6 cm³/mol. The predicted octanol–water partition coefficient (Wildman–Crippen LogP) is 5.12. The molecule has 1 heterocycles. The lowest BCUT2D eigenvalue weighted by Crippen LogP contribution is -2.00. The molecule has 0 aliphatic rings. The summed E-state index contributed by atoms with van der Waals surface area (Å²) in [6, 6.07) is 5.49. The van der Waals surface area contributed by atoms with Crippen molar-refractivity contribution in [2.45, 2.75) is 6.61 Å². The van der Waals surface area contributed by atoms with Gasteiger partial charge in [0.15, 0.2) is 5.82 Å². The molecule has 0 radical (unpaired) electrons. The maximum atomic E-state index is 6.19. The highest BCUT2D eigenvalue weighted by atomic mass is 79.9. The molecule has 0 atom stereocenters. The first kappa shape index (κ1) is 15.2. The number of hydrogen-bond acceptors (Lipinski definition) is 3. The van der Waals surface area contributed by atoms with Crippen molar-refractivity contribution in [3.05, 3.63) is 43.0 Å². The highest BCUT2D eigenvalue weighted by Crippen LogP contribution is 2.32. The van der Waals surface area contributed by atoms with Gasteiger partial charge in [-0.15, -0.1) is 0 Å². The second-order valence-electron chi connectivity index (χ2n) is 3.66. The van der Waals surface area contributed by atoms with Gasteiger partial charge in [-0.2, -0.15) is 0 Å². The van der Waals surface area contributed by atoms with E-state index in [0.29, 0.717) is 32.8 Å². The van der Waals surface area contributed by atoms with E-state index in [4.69, 9.17) is 27.9 Å². The van der Waals surface area contributed by atoms with Crippen LogP contribution in [0.2, 0.25) is 10.2 Å². The third-order valence-electron chi connectivity index (χ3n) is 2.33. The molecule has 7 heteroatoms. The Morgan fingerprint density at radius 3 is 2.58 bits per heavy atom. The van der Waals surface area contributed by atoms with Crippen molar-refractivity contribution >= 4 is 55.1 Å². The minimum Gasteiger partial charge on any atom is -0.378 e. The van der Waals surface area contributed by atoms with Crippen LogP contribution in [0, 0.1) is 0 Å². The lowest BCUT2D eigenvalue weighted by atomic mass is 10.2. The van der Waals surface area contributed by atoms with E-state index in [1.165, 1.54) is 0 Å². The Bertz CT molecular complexity index is 623. The van der Waals surface area contributed by atoms with Gasteiger partial charge < -0.3 is 4.74 Å². The van der Waals surface area contributed by atoms with Crippen LogP contribution in [-0.4, -0.2) is 17.1 Å². The summed E-state index contributed by atoms with van der Waals surface area (Å²) < 4.78 is 6.61. The van der Waals surface area contributed by atoms with E-state index in [-0.39, 0.29) is 0 Å². The van der Waals surface area contributed by atoms with Gasteiger partial charge in [0.05, 0.1) is 21.8 Å². The summed E-state index contributed by atoms with van der Waals surface area (Å²) in [6.45, 7) is 0.337. The first-order chi connectivity index (χ1) is 9.02. The number of halogens is 4. The van der Waals surface area contributed by atoms with Crippen molar-refractivity contribution in [2.24, 2.45) is 0 Å². The SMILES string of the molecule is COCc1nc(-c2ccc(Br)cc2Cl)nc(Cl)c1Br. The summed E-state index contributed by atoms with van der Waals surface area (Å²) in [5, 5.41) is 0.882. The van der Waals surface area contributed by atoms with Crippen LogP contribution in [-0.2, 0) is 11.3 Å². The molecule has 0 spiro atoms. The number of rotatable bonds is 3. The molecule has 0 saturated heterocycles. The summed E-state index contributed by atoms with van der Waals surface area (Å²) in [5.41, 5.74) is 1.40. The highest BCUT2D eigenvalue weighted by molar-refractivity contribution is 9.10. The maximum absolute atomic E-state index is 6.19. The van der Waals surface area contributed by atoms with Crippen LogP contribution < -0.4 is 0 Å². The number of methoxy groups -OCH3 is 1. The lowest BCUT2D eigenvalue weighted by molar-refractivity contribution is 0.181. The molecule has 0 fully saturated rings. The Hall–Kier alpha value is -0.200. The van der Waals surface area contributed by atoms with Gasteiger partial charge in [0.1, 0.15) is 5.15 Å². The van der Waals surface area contributed by atoms with Gasteiger partial charge >= 0.3 is 0 Å². The Morgan fingerprint density at radius 1 is 1.21 bits per heavy atom. The fourth-order valence-electron chi connectivity index (χ4n) is 1.49. The molecule has 0 N–H and O–H groups in total. The molecule has 0 bridgehead atoms. The lowest BCUT2D eigenvalue weighted by Gasteiger charge is -2.09. The smallest absolute Gasteiger partial charge is 0.162 e. The molecule has 2 aromatic rings. The fraction of sp³-hybridized carbons (Fsp3) is 0.167. The summed E-state index contributed by atoms with van der Waals surface area (Å²) in [7, 11) is 1.59. The zero-order chi connectivity index (χ0) is 14.0. The minimum absolute atomic E-state index is 0.330. The third kappa shape index (κ3) is 3.47. The Balaban J connectivity index is 2.56. The van der Waals surface area contributed by atoms with Gasteiger partial charge in [0.2, 0.25) is 0 Å². The van der Waals surface area contributed by atoms with Gasteiger partial charge in [-0.3, -0.25) is 0 Å². The van der Waals surface area contributed by atoms with Crippen LogP contribution in [0.15, 0.2) is 27.1 Å². The fourth-order valence-corrected chi connectivity index (χ4v) is 2.73. The van der Waals surface area contributed by atoms with Crippen molar-refractivity contribution < 1.29 is 4.74 Å². The zero-order valence-corrected chi connectivity index (χ0v) is 14.4. The minimum atomic E-state index is 0.330. The third-order valence-corrected chi connectivity index (χ3v) is 4.47. The molecular formula is C12H8Br2Cl2N2O. The molecule has 1 aromatic heterocycles. The number of aromatic nitrogens is 2. The van der Waals surface area contributed by atoms with Crippen molar-refractivity contribution in [3.63, 3.8) is 0 Å². The molecule has 2 rings (SSSR count). The molecule has 0 aliphatic carbocycles. The van der Waals surface area contributed by atoms with E-state index in [2.05, 4.69) is 41.8 Å². The first-order valence-electron chi connectivity index (χ1n) is 5.19. The highest BCUT2D eigenvalue weighted by Gasteiger charge is 2.14. The molecule has 3 nitrogen and oxygen atoms in total. The molecule has 100 valence electrons. The normalized spacial score (nSPS) is 10.8. The van der Waals surface area contributed by atoms with Crippen molar-refractivity contribution in [3.8, 4) is 11.4 Å². The van der Waals surface area contributed by atoms with Crippen LogP contribution in [0.3, 0.4) is 0 Å².